The third-order valence-electron chi connectivity index (χ3n) is 3.43. The van der Waals surface area contributed by atoms with Crippen LogP contribution >= 0.6 is 39.1 Å². The van der Waals surface area contributed by atoms with Gasteiger partial charge in [0.2, 0.25) is 0 Å². The monoisotopic (exact) mass is 438 g/mol. The zero-order chi connectivity index (χ0) is 17.6. The number of rotatable bonds is 3. The van der Waals surface area contributed by atoms with Crippen molar-refractivity contribution in [1.29, 1.82) is 0 Å². The molecular weight excluding hydrogens is 431 g/mol. The molecule has 0 unspecified atom stereocenters. The Kier molecular flexibility index (Phi) is 4.06. The van der Waals surface area contributed by atoms with E-state index in [1.54, 1.807) is 27.8 Å². The summed E-state index contributed by atoms with van der Waals surface area (Å²) >= 11 is 15.5. The summed E-state index contributed by atoms with van der Waals surface area (Å²) < 4.78 is 3.88. The van der Waals surface area contributed by atoms with E-state index in [2.05, 4.69) is 46.4 Å². The molecular formula is C14H9BrCl2N8. The standard InChI is InChI=1S/C14H9BrCl2N8/c1-24-14-10(11(15)23-24)12(19-6-20-14)22-8-4-21-25(5-8)13-9(17)2-7(16)3-18-13/h2-6H,1H3,(H,19,20,22). The van der Waals surface area contributed by atoms with E-state index in [-0.39, 0.29) is 0 Å². The zero-order valence-corrected chi connectivity index (χ0v) is 15.7. The molecule has 25 heavy (non-hydrogen) atoms. The number of aromatic nitrogens is 7. The summed E-state index contributed by atoms with van der Waals surface area (Å²) in [5, 5.41) is 13.4. The van der Waals surface area contributed by atoms with Crippen molar-refractivity contribution in [1.82, 2.24) is 34.5 Å². The molecule has 1 N–H and O–H groups in total. The molecule has 0 aliphatic rings. The number of nitrogens with zero attached hydrogens (tertiary/aromatic N) is 7. The van der Waals surface area contributed by atoms with Crippen molar-refractivity contribution >= 4 is 61.7 Å². The first-order chi connectivity index (χ1) is 12.0. The predicted molar refractivity (Wildman–Crippen MR) is 98.7 cm³/mol. The fourth-order valence-corrected chi connectivity index (χ4v) is 3.42. The lowest BCUT2D eigenvalue weighted by Gasteiger charge is -2.04. The highest BCUT2D eigenvalue weighted by Gasteiger charge is 2.14. The van der Waals surface area contributed by atoms with Gasteiger partial charge in [-0.25, -0.2) is 24.3 Å². The number of aryl methyl sites for hydroxylation is 1. The Morgan fingerprint density at radius 3 is 2.80 bits per heavy atom. The normalized spacial score (nSPS) is 11.2. The van der Waals surface area contributed by atoms with Gasteiger partial charge in [-0.15, -0.1) is 0 Å². The lowest BCUT2D eigenvalue weighted by Crippen LogP contribution is -1.99. The van der Waals surface area contributed by atoms with Crippen molar-refractivity contribution in [3.8, 4) is 5.82 Å². The Morgan fingerprint density at radius 1 is 1.16 bits per heavy atom. The second kappa shape index (κ2) is 6.25. The van der Waals surface area contributed by atoms with E-state index >= 15 is 0 Å². The van der Waals surface area contributed by atoms with E-state index in [0.29, 0.717) is 37.6 Å². The first kappa shape index (κ1) is 16.2. The zero-order valence-electron chi connectivity index (χ0n) is 12.7. The van der Waals surface area contributed by atoms with E-state index in [4.69, 9.17) is 23.2 Å². The van der Waals surface area contributed by atoms with Crippen LogP contribution in [0.4, 0.5) is 11.5 Å². The van der Waals surface area contributed by atoms with E-state index in [1.165, 1.54) is 12.5 Å². The number of pyridine rings is 1. The highest BCUT2D eigenvalue weighted by Crippen LogP contribution is 2.29. The van der Waals surface area contributed by atoms with Gasteiger partial charge in [-0.1, -0.05) is 23.2 Å². The summed E-state index contributed by atoms with van der Waals surface area (Å²) in [5.41, 5.74) is 1.42. The second-order valence-corrected chi connectivity index (χ2v) is 6.69. The maximum Gasteiger partial charge on any atom is 0.172 e. The third-order valence-corrected chi connectivity index (χ3v) is 4.47. The van der Waals surface area contributed by atoms with Gasteiger partial charge in [-0.2, -0.15) is 10.2 Å². The minimum atomic E-state index is 0.404. The van der Waals surface area contributed by atoms with E-state index in [1.807, 2.05) is 7.05 Å². The first-order valence-electron chi connectivity index (χ1n) is 6.99. The Hall–Kier alpha value is -2.23. The molecule has 0 aliphatic heterocycles. The maximum atomic E-state index is 6.17. The SMILES string of the molecule is Cn1nc(Br)c2c(Nc3cnn(-c4ncc(Cl)cc4Cl)c3)ncnc21. The van der Waals surface area contributed by atoms with Gasteiger partial charge in [0.25, 0.3) is 0 Å². The smallest absolute Gasteiger partial charge is 0.172 e. The largest absolute Gasteiger partial charge is 0.337 e. The van der Waals surface area contributed by atoms with Crippen molar-refractivity contribution in [3.05, 3.63) is 45.6 Å². The van der Waals surface area contributed by atoms with Gasteiger partial charge >= 0.3 is 0 Å². The molecule has 0 aromatic carbocycles. The maximum absolute atomic E-state index is 6.17. The number of anilines is 2. The van der Waals surface area contributed by atoms with E-state index in [9.17, 15) is 0 Å². The summed E-state index contributed by atoms with van der Waals surface area (Å²) in [6.07, 6.45) is 6.38. The van der Waals surface area contributed by atoms with E-state index < -0.39 is 0 Å². The van der Waals surface area contributed by atoms with Crippen LogP contribution in [0.25, 0.3) is 16.9 Å². The van der Waals surface area contributed by atoms with Crippen molar-refractivity contribution in [2.24, 2.45) is 7.05 Å². The van der Waals surface area contributed by atoms with Crippen LogP contribution in [0, 0.1) is 0 Å². The highest BCUT2D eigenvalue weighted by atomic mass is 79.9. The molecule has 4 heterocycles. The Bertz CT molecular complexity index is 1090. The molecule has 0 atom stereocenters. The summed E-state index contributed by atoms with van der Waals surface area (Å²) in [7, 11) is 1.82. The summed E-state index contributed by atoms with van der Waals surface area (Å²) in [6.45, 7) is 0. The first-order valence-corrected chi connectivity index (χ1v) is 8.54. The number of nitrogens with one attached hydrogen (secondary N) is 1. The predicted octanol–water partition coefficient (Wildman–Crippen LogP) is 3.76. The lowest BCUT2D eigenvalue weighted by atomic mass is 10.4. The molecule has 0 amide bonds. The second-order valence-electron chi connectivity index (χ2n) is 5.09. The molecule has 126 valence electrons. The average molecular weight is 440 g/mol. The molecule has 0 bridgehead atoms. The van der Waals surface area contributed by atoms with Crippen molar-refractivity contribution < 1.29 is 0 Å². The Labute approximate surface area is 159 Å². The third kappa shape index (κ3) is 2.94. The lowest BCUT2D eigenvalue weighted by molar-refractivity contribution is 0.777. The van der Waals surface area contributed by atoms with Gasteiger partial charge < -0.3 is 5.32 Å². The summed E-state index contributed by atoms with van der Waals surface area (Å²) in [5.74, 6) is 1.09. The number of hydrogen-bond donors (Lipinski definition) is 1. The molecule has 4 aromatic rings. The highest BCUT2D eigenvalue weighted by molar-refractivity contribution is 9.10. The van der Waals surface area contributed by atoms with Gasteiger partial charge in [-0.05, 0) is 22.0 Å². The van der Waals surface area contributed by atoms with Crippen LogP contribution in [0.15, 0.2) is 35.6 Å². The molecule has 0 radical (unpaired) electrons. The van der Waals surface area contributed by atoms with Crippen LogP contribution in [-0.2, 0) is 7.05 Å². The fraction of sp³-hybridized carbons (Fsp3) is 0.0714. The van der Waals surface area contributed by atoms with Gasteiger partial charge in [0.15, 0.2) is 11.5 Å². The Morgan fingerprint density at radius 2 is 2.00 bits per heavy atom. The van der Waals surface area contributed by atoms with Crippen LogP contribution in [0.1, 0.15) is 0 Å². The van der Waals surface area contributed by atoms with Crippen LogP contribution in [-0.4, -0.2) is 34.5 Å². The summed E-state index contributed by atoms with van der Waals surface area (Å²) in [6, 6.07) is 1.61. The van der Waals surface area contributed by atoms with Gasteiger partial charge in [0.1, 0.15) is 16.7 Å². The Balaban J connectivity index is 1.70. The molecule has 0 saturated heterocycles. The molecule has 11 heteroatoms. The summed E-state index contributed by atoms with van der Waals surface area (Å²) in [4.78, 5) is 12.7. The molecule has 4 rings (SSSR count). The van der Waals surface area contributed by atoms with Crippen LogP contribution in [0.3, 0.4) is 0 Å². The molecule has 0 saturated carbocycles. The molecule has 0 aliphatic carbocycles. The van der Waals surface area contributed by atoms with Crippen LogP contribution in [0.5, 0.6) is 0 Å². The molecule has 0 spiro atoms. The number of fused-ring (bicyclic) bond motifs is 1. The topological polar surface area (TPSA) is 86.3 Å². The van der Waals surface area contributed by atoms with Gasteiger partial charge in [0, 0.05) is 13.2 Å². The van der Waals surface area contributed by atoms with Gasteiger partial charge in [0.05, 0.1) is 33.5 Å². The average Bonchev–Trinajstić information content (AvgIpc) is 3.13. The molecule has 4 aromatic heterocycles. The number of halogens is 3. The molecule has 8 nitrogen and oxygen atoms in total. The minimum absolute atomic E-state index is 0.404. The van der Waals surface area contributed by atoms with Gasteiger partial charge in [-0.3, -0.25) is 0 Å². The van der Waals surface area contributed by atoms with Crippen LogP contribution < -0.4 is 5.32 Å². The fourth-order valence-electron chi connectivity index (χ4n) is 2.35. The minimum Gasteiger partial charge on any atom is -0.337 e. The van der Waals surface area contributed by atoms with E-state index in [0.717, 1.165) is 5.39 Å². The van der Waals surface area contributed by atoms with Crippen molar-refractivity contribution in [2.75, 3.05) is 5.32 Å². The van der Waals surface area contributed by atoms with Crippen LogP contribution in [0.2, 0.25) is 10.0 Å². The van der Waals surface area contributed by atoms with Crippen molar-refractivity contribution in [2.45, 2.75) is 0 Å². The number of hydrogen-bond acceptors (Lipinski definition) is 6. The van der Waals surface area contributed by atoms with Crippen molar-refractivity contribution in [3.63, 3.8) is 0 Å². The molecule has 0 fully saturated rings. The quantitative estimate of drug-likeness (QED) is 0.523.